The van der Waals surface area contributed by atoms with Crippen LogP contribution in [0.3, 0.4) is 0 Å². The maximum absolute atomic E-state index is 12.8. The molecule has 21 heavy (non-hydrogen) atoms. The second-order valence-corrected chi connectivity index (χ2v) is 6.75. The van der Waals surface area contributed by atoms with E-state index in [4.69, 9.17) is 4.74 Å². The van der Waals surface area contributed by atoms with Crippen molar-refractivity contribution >= 4 is 17.7 Å². The summed E-state index contributed by atoms with van der Waals surface area (Å²) in [6.45, 7) is 3.32. The molecular weight excluding hydrogens is 286 g/mol. The van der Waals surface area contributed by atoms with Gasteiger partial charge in [-0.05, 0) is 38.0 Å². The van der Waals surface area contributed by atoms with Crippen molar-refractivity contribution < 1.29 is 9.53 Å². The Morgan fingerprint density at radius 1 is 1.52 bits per heavy atom. The van der Waals surface area contributed by atoms with Crippen LogP contribution >= 0.6 is 11.8 Å². The van der Waals surface area contributed by atoms with E-state index in [1.54, 1.807) is 12.3 Å². The second-order valence-electron chi connectivity index (χ2n) is 5.60. The van der Waals surface area contributed by atoms with E-state index in [9.17, 15) is 4.79 Å². The van der Waals surface area contributed by atoms with Crippen molar-refractivity contribution in [2.75, 3.05) is 24.7 Å². The van der Waals surface area contributed by atoms with Crippen molar-refractivity contribution in [3.63, 3.8) is 0 Å². The fraction of sp³-hybridized carbons (Fsp3) is 0.667. The maximum Gasteiger partial charge on any atom is 0.272 e. The van der Waals surface area contributed by atoms with Gasteiger partial charge in [-0.15, -0.1) is 0 Å². The van der Waals surface area contributed by atoms with Gasteiger partial charge in [0, 0.05) is 31.1 Å². The van der Waals surface area contributed by atoms with Gasteiger partial charge in [0.05, 0.1) is 6.10 Å². The third kappa shape index (κ3) is 3.55. The third-order valence-corrected chi connectivity index (χ3v) is 5.17. The molecule has 0 bridgehead atoms. The van der Waals surface area contributed by atoms with Crippen molar-refractivity contribution in [2.24, 2.45) is 0 Å². The van der Waals surface area contributed by atoms with E-state index in [0.29, 0.717) is 24.1 Å². The van der Waals surface area contributed by atoms with Crippen LogP contribution < -0.4 is 0 Å². The molecule has 5 nitrogen and oxygen atoms in total. The maximum atomic E-state index is 12.8. The molecule has 0 spiro atoms. The Morgan fingerprint density at radius 2 is 2.43 bits per heavy atom. The van der Waals surface area contributed by atoms with Crippen LogP contribution in [-0.4, -0.2) is 57.6 Å². The minimum atomic E-state index is 0.0171. The zero-order valence-corrected chi connectivity index (χ0v) is 13.1. The molecule has 1 aromatic rings. The van der Waals surface area contributed by atoms with E-state index in [0.717, 1.165) is 37.4 Å². The zero-order valence-electron chi connectivity index (χ0n) is 12.3. The lowest BCUT2D eigenvalue weighted by atomic mass is 10.1. The molecule has 2 atom stereocenters. The standard InChI is InChI=1S/C15H21N3O2S/c1-11-16-6-4-14(17-11)15(19)18(12-5-8-21-10-12)9-13-3-2-7-20-13/h4,6,12-13H,2-3,5,7-10H2,1H3. The molecule has 0 aromatic carbocycles. The predicted molar refractivity (Wildman–Crippen MR) is 82.5 cm³/mol. The third-order valence-electron chi connectivity index (χ3n) is 4.03. The minimum Gasteiger partial charge on any atom is -0.376 e. The van der Waals surface area contributed by atoms with Gasteiger partial charge in [0.15, 0.2) is 0 Å². The fourth-order valence-electron chi connectivity index (χ4n) is 2.90. The number of nitrogens with zero attached hydrogens (tertiary/aromatic N) is 3. The van der Waals surface area contributed by atoms with Gasteiger partial charge >= 0.3 is 0 Å². The largest absolute Gasteiger partial charge is 0.376 e. The average molecular weight is 307 g/mol. The summed E-state index contributed by atoms with van der Waals surface area (Å²) in [7, 11) is 0. The number of carbonyl (C=O) groups excluding carboxylic acids is 1. The van der Waals surface area contributed by atoms with Gasteiger partial charge in [0.1, 0.15) is 11.5 Å². The molecule has 2 aliphatic heterocycles. The van der Waals surface area contributed by atoms with Crippen LogP contribution in [0.15, 0.2) is 12.3 Å². The highest BCUT2D eigenvalue weighted by Crippen LogP contribution is 2.25. The van der Waals surface area contributed by atoms with Crippen molar-refractivity contribution in [1.82, 2.24) is 14.9 Å². The normalized spacial score (nSPS) is 25.2. The van der Waals surface area contributed by atoms with Crippen LogP contribution in [-0.2, 0) is 4.74 Å². The van der Waals surface area contributed by atoms with Gasteiger partial charge in [-0.3, -0.25) is 4.79 Å². The predicted octanol–water partition coefficient (Wildman–Crippen LogP) is 1.91. The molecule has 0 radical (unpaired) electrons. The zero-order chi connectivity index (χ0) is 14.7. The Balaban J connectivity index is 1.77. The smallest absolute Gasteiger partial charge is 0.272 e. The molecule has 0 aliphatic carbocycles. The average Bonchev–Trinajstić information content (AvgIpc) is 3.17. The number of hydrogen-bond donors (Lipinski definition) is 0. The number of carbonyl (C=O) groups is 1. The first-order chi connectivity index (χ1) is 10.2. The van der Waals surface area contributed by atoms with Crippen LogP contribution in [0.4, 0.5) is 0 Å². The van der Waals surface area contributed by atoms with Crippen LogP contribution in [0.1, 0.15) is 35.6 Å². The molecule has 2 saturated heterocycles. The van der Waals surface area contributed by atoms with Crippen LogP contribution in [0, 0.1) is 6.92 Å². The number of rotatable bonds is 4. The highest BCUT2D eigenvalue weighted by atomic mass is 32.2. The van der Waals surface area contributed by atoms with Gasteiger partial charge < -0.3 is 9.64 Å². The van der Waals surface area contributed by atoms with Crippen molar-refractivity contribution in [3.05, 3.63) is 23.8 Å². The topological polar surface area (TPSA) is 55.3 Å². The van der Waals surface area contributed by atoms with E-state index >= 15 is 0 Å². The van der Waals surface area contributed by atoms with Crippen LogP contribution in [0.25, 0.3) is 0 Å². The first-order valence-electron chi connectivity index (χ1n) is 7.54. The second kappa shape index (κ2) is 6.75. The van der Waals surface area contributed by atoms with Crippen LogP contribution in [0.2, 0.25) is 0 Å². The Hall–Kier alpha value is -1.14. The molecule has 114 valence electrons. The molecular formula is C15H21N3O2S. The monoisotopic (exact) mass is 307 g/mol. The molecule has 0 N–H and O–H groups in total. The van der Waals surface area contributed by atoms with E-state index in [2.05, 4.69) is 9.97 Å². The summed E-state index contributed by atoms with van der Waals surface area (Å²) in [6, 6.07) is 2.02. The van der Waals surface area contributed by atoms with Crippen LogP contribution in [0.5, 0.6) is 0 Å². The molecule has 2 aliphatic rings. The summed E-state index contributed by atoms with van der Waals surface area (Å²) in [5.74, 6) is 2.80. The van der Waals surface area contributed by atoms with Gasteiger partial charge in [-0.1, -0.05) is 0 Å². The fourth-order valence-corrected chi connectivity index (χ4v) is 4.12. The van der Waals surface area contributed by atoms with Crippen molar-refractivity contribution in [3.8, 4) is 0 Å². The summed E-state index contributed by atoms with van der Waals surface area (Å²) in [5, 5.41) is 0. The first-order valence-corrected chi connectivity index (χ1v) is 8.69. The lowest BCUT2D eigenvalue weighted by Crippen LogP contribution is -2.45. The molecule has 0 saturated carbocycles. The van der Waals surface area contributed by atoms with Gasteiger partial charge in [0.2, 0.25) is 0 Å². The van der Waals surface area contributed by atoms with E-state index < -0.39 is 0 Å². The van der Waals surface area contributed by atoms with Crippen molar-refractivity contribution in [2.45, 2.75) is 38.3 Å². The number of ether oxygens (including phenoxy) is 1. The lowest BCUT2D eigenvalue weighted by molar-refractivity contribution is 0.0437. The summed E-state index contributed by atoms with van der Waals surface area (Å²) in [5.41, 5.74) is 0.498. The summed E-state index contributed by atoms with van der Waals surface area (Å²) < 4.78 is 5.72. The van der Waals surface area contributed by atoms with Crippen molar-refractivity contribution in [1.29, 1.82) is 0 Å². The SMILES string of the molecule is Cc1nccc(C(=O)N(CC2CCCO2)C2CCSC2)n1. The Morgan fingerprint density at radius 3 is 3.10 bits per heavy atom. The summed E-state index contributed by atoms with van der Waals surface area (Å²) in [4.78, 5) is 23.2. The van der Waals surface area contributed by atoms with Gasteiger partial charge in [0.25, 0.3) is 5.91 Å². The lowest BCUT2D eigenvalue weighted by Gasteiger charge is -2.30. The number of hydrogen-bond acceptors (Lipinski definition) is 5. The molecule has 1 aromatic heterocycles. The first kappa shape index (κ1) is 14.8. The highest BCUT2D eigenvalue weighted by Gasteiger charge is 2.31. The Bertz CT molecular complexity index is 499. The molecule has 1 amide bonds. The number of aryl methyl sites for hydroxylation is 1. The molecule has 3 rings (SSSR count). The molecule has 2 unspecified atom stereocenters. The van der Waals surface area contributed by atoms with E-state index in [-0.39, 0.29) is 12.0 Å². The molecule has 3 heterocycles. The Labute approximate surface area is 129 Å². The molecule has 6 heteroatoms. The minimum absolute atomic E-state index is 0.0171. The number of thioether (sulfide) groups is 1. The van der Waals surface area contributed by atoms with E-state index in [1.165, 1.54) is 0 Å². The Kier molecular flexibility index (Phi) is 4.75. The number of amides is 1. The summed E-state index contributed by atoms with van der Waals surface area (Å²) in [6.07, 6.45) is 5.05. The van der Waals surface area contributed by atoms with Gasteiger partial charge in [-0.25, -0.2) is 9.97 Å². The highest BCUT2D eigenvalue weighted by molar-refractivity contribution is 7.99. The summed E-state index contributed by atoms with van der Waals surface area (Å²) >= 11 is 1.92. The quantitative estimate of drug-likeness (QED) is 0.850. The van der Waals surface area contributed by atoms with E-state index in [1.807, 2.05) is 23.6 Å². The van der Waals surface area contributed by atoms with Gasteiger partial charge in [-0.2, -0.15) is 11.8 Å². The number of aromatic nitrogens is 2. The molecule has 2 fully saturated rings.